The molecule has 3 rings (SSSR count). The van der Waals surface area contributed by atoms with Gasteiger partial charge in [-0.25, -0.2) is 0 Å². The third-order valence-corrected chi connectivity index (χ3v) is 5.21. The first-order valence-electron chi connectivity index (χ1n) is 10.4. The summed E-state index contributed by atoms with van der Waals surface area (Å²) in [5.74, 6) is 1.52. The van der Waals surface area contributed by atoms with Crippen LogP contribution in [0.1, 0.15) is 37.8 Å². The third-order valence-electron chi connectivity index (χ3n) is 5.21. The fourth-order valence-corrected chi connectivity index (χ4v) is 3.41. The van der Waals surface area contributed by atoms with Crippen LogP contribution in [0.2, 0.25) is 0 Å². The molecule has 1 aliphatic rings. The highest BCUT2D eigenvalue weighted by molar-refractivity contribution is 6.15. The van der Waals surface area contributed by atoms with Crippen LogP contribution in [0.5, 0.6) is 23.0 Å². The second kappa shape index (κ2) is 10.2. The van der Waals surface area contributed by atoms with E-state index < -0.39 is 0 Å². The number of ketones is 1. The fourth-order valence-electron chi connectivity index (χ4n) is 3.41. The molecule has 0 spiro atoms. The van der Waals surface area contributed by atoms with Gasteiger partial charge in [0.05, 0.1) is 27.2 Å². The molecule has 6 heteroatoms. The maximum atomic E-state index is 12.9. The molecule has 0 saturated heterocycles. The van der Waals surface area contributed by atoms with E-state index in [4.69, 9.17) is 18.9 Å². The van der Waals surface area contributed by atoms with Gasteiger partial charge in [0.2, 0.25) is 0 Å². The summed E-state index contributed by atoms with van der Waals surface area (Å²) in [5, 5.41) is 0. The number of hydrogen-bond acceptors (Lipinski definition) is 6. The van der Waals surface area contributed by atoms with Gasteiger partial charge in [-0.15, -0.1) is 0 Å². The molecule has 1 saturated carbocycles. The summed E-state index contributed by atoms with van der Waals surface area (Å²) in [7, 11) is 4.69. The van der Waals surface area contributed by atoms with Crippen LogP contribution in [-0.2, 0) is 9.59 Å². The predicted octanol–water partition coefficient (Wildman–Crippen LogP) is 5.10. The van der Waals surface area contributed by atoms with Crippen LogP contribution in [0.15, 0.2) is 47.5 Å². The van der Waals surface area contributed by atoms with Gasteiger partial charge < -0.3 is 18.9 Å². The van der Waals surface area contributed by atoms with Crippen molar-refractivity contribution in [1.29, 1.82) is 0 Å². The molecule has 1 fully saturated rings. The van der Waals surface area contributed by atoms with Gasteiger partial charge >= 0.3 is 5.97 Å². The first-order chi connectivity index (χ1) is 15.4. The van der Waals surface area contributed by atoms with Crippen molar-refractivity contribution in [1.82, 2.24) is 0 Å². The Balaban J connectivity index is 1.81. The molecule has 6 nitrogen and oxygen atoms in total. The number of methoxy groups -OCH3 is 3. The van der Waals surface area contributed by atoms with E-state index in [1.165, 1.54) is 7.11 Å². The minimum Gasteiger partial charge on any atom is -0.493 e. The molecule has 0 radical (unpaired) electrons. The molecule has 0 N–H and O–H groups in total. The van der Waals surface area contributed by atoms with Crippen LogP contribution in [0.3, 0.4) is 0 Å². The number of hydrogen-bond donors (Lipinski definition) is 0. The highest BCUT2D eigenvalue weighted by Gasteiger charge is 2.23. The van der Waals surface area contributed by atoms with Gasteiger partial charge in [-0.05, 0) is 60.4 Å². The molecular weight excluding hydrogens is 408 g/mol. The molecule has 0 heterocycles. The Morgan fingerprint density at radius 1 is 0.781 bits per heavy atom. The second-order valence-corrected chi connectivity index (χ2v) is 7.77. The maximum Gasteiger partial charge on any atom is 0.313 e. The van der Waals surface area contributed by atoms with E-state index in [1.807, 2.05) is 36.4 Å². The smallest absolute Gasteiger partial charge is 0.313 e. The number of esters is 1. The minimum absolute atomic E-state index is 0.0223. The van der Waals surface area contributed by atoms with Crippen molar-refractivity contribution in [2.75, 3.05) is 21.3 Å². The predicted molar refractivity (Wildman–Crippen MR) is 123 cm³/mol. The third kappa shape index (κ3) is 5.19. The monoisotopic (exact) mass is 436 g/mol. The number of Topliss-reactive ketones (excluding diaryl/α,β-unsaturated/α-hetero) is 1. The molecule has 0 amide bonds. The molecule has 0 bridgehead atoms. The maximum absolute atomic E-state index is 12.9. The molecular formula is C26H28O6. The topological polar surface area (TPSA) is 71.1 Å². The number of rotatable bonds is 7. The Morgan fingerprint density at radius 3 is 1.72 bits per heavy atom. The molecule has 2 aromatic rings. The van der Waals surface area contributed by atoms with Gasteiger partial charge in [0.15, 0.2) is 28.8 Å². The van der Waals surface area contributed by atoms with Gasteiger partial charge in [0.25, 0.3) is 0 Å². The van der Waals surface area contributed by atoms with Gasteiger partial charge in [-0.3, -0.25) is 9.59 Å². The molecule has 0 atom stereocenters. The summed E-state index contributed by atoms with van der Waals surface area (Å²) >= 11 is 0. The lowest BCUT2D eigenvalue weighted by Gasteiger charge is -2.11. The van der Waals surface area contributed by atoms with Gasteiger partial charge in [0.1, 0.15) is 0 Å². The Morgan fingerprint density at radius 2 is 1.25 bits per heavy atom. The van der Waals surface area contributed by atoms with Crippen molar-refractivity contribution < 1.29 is 28.5 Å². The van der Waals surface area contributed by atoms with E-state index in [-0.39, 0.29) is 17.7 Å². The highest BCUT2D eigenvalue weighted by atomic mass is 16.6. The zero-order chi connectivity index (χ0) is 23.3. The fraction of sp³-hybridized carbons (Fsp3) is 0.308. The highest BCUT2D eigenvalue weighted by Crippen LogP contribution is 2.34. The van der Waals surface area contributed by atoms with Gasteiger partial charge in [-0.1, -0.05) is 26.0 Å². The van der Waals surface area contributed by atoms with Gasteiger partial charge in [-0.2, -0.15) is 0 Å². The van der Waals surface area contributed by atoms with Crippen molar-refractivity contribution in [3.05, 3.63) is 58.7 Å². The minimum atomic E-state index is -0.328. The van der Waals surface area contributed by atoms with E-state index in [9.17, 15) is 9.59 Å². The van der Waals surface area contributed by atoms with Crippen molar-refractivity contribution in [3.63, 3.8) is 0 Å². The Hall–Kier alpha value is -3.54. The standard InChI is InChI=1S/C26H28O6/c1-16(2)26(28)32-22-11-7-18(15-24(22)31-5)13-20-9-8-19(25(20)27)12-17-6-10-21(29-3)23(14-17)30-4/h6-7,10-16H,8-9H2,1-5H3/b19-12+,20-13+. The van der Waals surface area contributed by atoms with E-state index in [2.05, 4.69) is 0 Å². The average molecular weight is 437 g/mol. The number of allylic oxidation sites excluding steroid dienone is 2. The molecule has 1 aliphatic carbocycles. The Labute approximate surface area is 188 Å². The lowest BCUT2D eigenvalue weighted by atomic mass is 10.1. The second-order valence-electron chi connectivity index (χ2n) is 7.77. The van der Waals surface area contributed by atoms with Crippen LogP contribution in [-0.4, -0.2) is 33.1 Å². The lowest BCUT2D eigenvalue weighted by molar-refractivity contribution is -0.137. The van der Waals surface area contributed by atoms with Crippen molar-refractivity contribution in [2.24, 2.45) is 5.92 Å². The van der Waals surface area contributed by atoms with E-state index in [0.29, 0.717) is 35.8 Å². The van der Waals surface area contributed by atoms with Gasteiger partial charge in [0, 0.05) is 11.1 Å². The largest absolute Gasteiger partial charge is 0.493 e. The van der Waals surface area contributed by atoms with Crippen LogP contribution < -0.4 is 18.9 Å². The molecule has 168 valence electrons. The summed E-state index contributed by atoms with van der Waals surface area (Å²) in [6.45, 7) is 3.54. The zero-order valence-corrected chi connectivity index (χ0v) is 19.1. The van der Waals surface area contributed by atoms with E-state index in [1.54, 1.807) is 40.2 Å². The van der Waals surface area contributed by atoms with Crippen molar-refractivity contribution >= 4 is 23.9 Å². The summed E-state index contributed by atoms with van der Waals surface area (Å²) in [4.78, 5) is 24.8. The van der Waals surface area contributed by atoms with Crippen LogP contribution in [0.4, 0.5) is 0 Å². The number of carbonyl (C=O) groups excluding carboxylic acids is 2. The number of carbonyl (C=O) groups is 2. The summed E-state index contributed by atoms with van der Waals surface area (Å²) in [6, 6.07) is 10.8. The molecule has 0 aliphatic heterocycles. The molecule has 2 aromatic carbocycles. The Bertz CT molecular complexity index is 1080. The Kier molecular flexibility index (Phi) is 7.36. The number of ether oxygens (including phenoxy) is 4. The van der Waals surface area contributed by atoms with Crippen LogP contribution in [0, 0.1) is 5.92 Å². The lowest BCUT2D eigenvalue weighted by Crippen LogP contribution is -2.15. The summed E-state index contributed by atoms with van der Waals surface area (Å²) in [6.07, 6.45) is 5.07. The summed E-state index contributed by atoms with van der Waals surface area (Å²) in [5.41, 5.74) is 3.16. The van der Waals surface area contributed by atoms with Crippen molar-refractivity contribution in [2.45, 2.75) is 26.7 Å². The average Bonchev–Trinajstić information content (AvgIpc) is 3.13. The van der Waals surface area contributed by atoms with E-state index in [0.717, 1.165) is 22.3 Å². The van der Waals surface area contributed by atoms with E-state index >= 15 is 0 Å². The number of benzene rings is 2. The molecule has 32 heavy (non-hydrogen) atoms. The molecule has 0 unspecified atom stereocenters. The van der Waals surface area contributed by atoms with Crippen LogP contribution in [0.25, 0.3) is 12.2 Å². The SMILES string of the molecule is COc1ccc(/C=C2\CC/C(=C\c3ccc(OC(=O)C(C)C)c(OC)c3)C2=O)cc1OC. The zero-order valence-electron chi connectivity index (χ0n) is 19.1. The van der Waals surface area contributed by atoms with Crippen LogP contribution >= 0.6 is 0 Å². The normalized spacial score (nSPS) is 16.0. The summed E-state index contributed by atoms with van der Waals surface area (Å²) < 4.78 is 21.4. The molecule has 0 aromatic heterocycles. The van der Waals surface area contributed by atoms with Crippen molar-refractivity contribution in [3.8, 4) is 23.0 Å². The first kappa shape index (κ1) is 23.1. The quantitative estimate of drug-likeness (QED) is 0.341. The first-order valence-corrected chi connectivity index (χ1v) is 10.4.